The van der Waals surface area contributed by atoms with Gasteiger partial charge >= 0.3 is 11.9 Å². The molecule has 17 heavy (non-hydrogen) atoms. The van der Waals surface area contributed by atoms with Crippen molar-refractivity contribution in [3.8, 4) is 0 Å². The number of carbonyl (C=O) groups is 2. The van der Waals surface area contributed by atoms with E-state index in [0.717, 1.165) is 6.42 Å². The van der Waals surface area contributed by atoms with Crippen molar-refractivity contribution in [2.24, 2.45) is 5.92 Å². The Labute approximate surface area is 103 Å². The van der Waals surface area contributed by atoms with Crippen molar-refractivity contribution in [3.63, 3.8) is 0 Å². The molecule has 1 rings (SSSR count). The molecule has 0 spiro atoms. The van der Waals surface area contributed by atoms with Crippen molar-refractivity contribution >= 4 is 11.9 Å². The van der Waals surface area contributed by atoms with Crippen LogP contribution >= 0.6 is 0 Å². The Balaban J connectivity index is 2.81. The van der Waals surface area contributed by atoms with Gasteiger partial charge in [-0.25, -0.2) is 0 Å². The number of cyclic esters (lactones) is 1. The van der Waals surface area contributed by atoms with Crippen molar-refractivity contribution < 1.29 is 19.1 Å². The van der Waals surface area contributed by atoms with E-state index in [1.807, 2.05) is 27.7 Å². The second-order valence-electron chi connectivity index (χ2n) is 4.71. The van der Waals surface area contributed by atoms with E-state index in [9.17, 15) is 9.59 Å². The lowest BCUT2D eigenvalue weighted by Gasteiger charge is -2.31. The molecule has 0 bridgehead atoms. The van der Waals surface area contributed by atoms with Crippen molar-refractivity contribution in [1.29, 1.82) is 0 Å². The van der Waals surface area contributed by atoms with E-state index in [0.29, 0.717) is 12.8 Å². The molecule has 0 aromatic carbocycles. The topological polar surface area (TPSA) is 52.6 Å². The highest BCUT2D eigenvalue weighted by atomic mass is 16.6. The monoisotopic (exact) mass is 242 g/mol. The van der Waals surface area contributed by atoms with Crippen LogP contribution in [-0.4, -0.2) is 23.6 Å². The zero-order valence-corrected chi connectivity index (χ0v) is 11.1. The summed E-state index contributed by atoms with van der Waals surface area (Å²) < 4.78 is 10.8. The van der Waals surface area contributed by atoms with E-state index in [1.54, 1.807) is 0 Å². The second-order valence-corrected chi connectivity index (χ2v) is 4.71. The van der Waals surface area contributed by atoms with Gasteiger partial charge in [0.25, 0.3) is 0 Å². The molecule has 0 N–H and O–H groups in total. The molecule has 1 aliphatic rings. The summed E-state index contributed by atoms with van der Waals surface area (Å²) in [6, 6.07) is 0. The lowest BCUT2D eigenvalue weighted by Crippen LogP contribution is -2.43. The predicted octanol–water partition coefficient (Wildman–Crippen LogP) is 2.45. The van der Waals surface area contributed by atoms with Gasteiger partial charge in [0.1, 0.15) is 6.10 Å². The number of carbonyl (C=O) groups excluding carboxylic acids is 2. The Morgan fingerprint density at radius 1 is 1.53 bits per heavy atom. The van der Waals surface area contributed by atoms with E-state index >= 15 is 0 Å². The molecular formula is C13H22O4. The molecule has 1 fully saturated rings. The summed E-state index contributed by atoms with van der Waals surface area (Å²) >= 11 is 0. The summed E-state index contributed by atoms with van der Waals surface area (Å²) in [6.45, 7) is 7.64. The van der Waals surface area contributed by atoms with E-state index in [1.165, 1.54) is 0 Å². The normalized spacial score (nSPS) is 29.9. The van der Waals surface area contributed by atoms with Gasteiger partial charge in [-0.1, -0.05) is 27.7 Å². The largest absolute Gasteiger partial charge is 0.458 e. The molecule has 0 aromatic rings. The smallest absolute Gasteiger partial charge is 0.310 e. The van der Waals surface area contributed by atoms with Crippen LogP contribution in [0.15, 0.2) is 0 Å². The highest BCUT2D eigenvalue weighted by molar-refractivity contribution is 5.77. The number of hydrogen-bond donors (Lipinski definition) is 0. The van der Waals surface area contributed by atoms with Gasteiger partial charge < -0.3 is 9.47 Å². The minimum Gasteiger partial charge on any atom is -0.458 e. The fourth-order valence-electron chi connectivity index (χ4n) is 2.12. The SMILES string of the molecule is CCC(C)C(=O)OC1(CC)CC(=O)OC1CC. The summed E-state index contributed by atoms with van der Waals surface area (Å²) in [7, 11) is 0. The van der Waals surface area contributed by atoms with Crippen LogP contribution in [-0.2, 0) is 19.1 Å². The van der Waals surface area contributed by atoms with E-state index in [-0.39, 0.29) is 30.4 Å². The average Bonchev–Trinajstić information content (AvgIpc) is 2.64. The molecule has 1 heterocycles. The summed E-state index contributed by atoms with van der Waals surface area (Å²) in [6.07, 6.45) is 1.91. The first-order chi connectivity index (χ1) is 7.99. The van der Waals surface area contributed by atoms with Crippen LogP contribution in [0.4, 0.5) is 0 Å². The molecule has 0 aromatic heterocycles. The van der Waals surface area contributed by atoms with E-state index < -0.39 is 5.60 Å². The molecule has 4 heteroatoms. The maximum absolute atomic E-state index is 11.9. The summed E-state index contributed by atoms with van der Waals surface area (Å²) in [4.78, 5) is 23.3. The fourth-order valence-corrected chi connectivity index (χ4v) is 2.12. The fraction of sp³-hybridized carbons (Fsp3) is 0.846. The van der Waals surface area contributed by atoms with Gasteiger partial charge in [0.15, 0.2) is 5.60 Å². The standard InChI is InChI=1S/C13H22O4/c1-5-9(4)12(15)17-13(7-3)8-11(14)16-10(13)6-2/h9-10H,5-8H2,1-4H3. The molecule has 98 valence electrons. The lowest BCUT2D eigenvalue weighted by molar-refractivity contribution is -0.172. The van der Waals surface area contributed by atoms with Crippen LogP contribution in [0.3, 0.4) is 0 Å². The third kappa shape index (κ3) is 2.79. The quantitative estimate of drug-likeness (QED) is 0.695. The van der Waals surface area contributed by atoms with Crippen molar-refractivity contribution in [2.45, 2.75) is 65.1 Å². The lowest BCUT2D eigenvalue weighted by atomic mass is 9.90. The minimum absolute atomic E-state index is 0.133. The van der Waals surface area contributed by atoms with Gasteiger partial charge in [-0.05, 0) is 19.3 Å². The Bertz CT molecular complexity index is 300. The van der Waals surface area contributed by atoms with Crippen LogP contribution in [0, 0.1) is 5.92 Å². The van der Waals surface area contributed by atoms with Crippen molar-refractivity contribution in [3.05, 3.63) is 0 Å². The zero-order valence-electron chi connectivity index (χ0n) is 11.1. The molecule has 3 unspecified atom stereocenters. The van der Waals surface area contributed by atoms with Gasteiger partial charge in [-0.2, -0.15) is 0 Å². The highest BCUT2D eigenvalue weighted by Gasteiger charge is 2.50. The predicted molar refractivity (Wildman–Crippen MR) is 63.4 cm³/mol. The number of esters is 2. The van der Waals surface area contributed by atoms with E-state index in [2.05, 4.69) is 0 Å². The Hall–Kier alpha value is -1.06. The molecule has 3 atom stereocenters. The molecule has 1 saturated heterocycles. The van der Waals surface area contributed by atoms with Crippen molar-refractivity contribution in [1.82, 2.24) is 0 Å². The molecular weight excluding hydrogens is 220 g/mol. The molecule has 1 aliphatic heterocycles. The number of rotatable bonds is 5. The van der Waals surface area contributed by atoms with Crippen molar-refractivity contribution in [2.75, 3.05) is 0 Å². The first-order valence-electron chi connectivity index (χ1n) is 6.41. The first-order valence-corrected chi connectivity index (χ1v) is 6.41. The van der Waals surface area contributed by atoms with Crippen LogP contribution in [0.1, 0.15) is 53.4 Å². The molecule has 0 radical (unpaired) electrons. The summed E-state index contributed by atoms with van der Waals surface area (Å²) in [5, 5.41) is 0. The zero-order chi connectivity index (χ0) is 13.1. The summed E-state index contributed by atoms with van der Waals surface area (Å²) in [5.41, 5.74) is -0.744. The first kappa shape index (κ1) is 14.0. The second kappa shape index (κ2) is 5.52. The van der Waals surface area contributed by atoms with E-state index in [4.69, 9.17) is 9.47 Å². The van der Waals surface area contributed by atoms with Gasteiger partial charge in [0.05, 0.1) is 12.3 Å². The van der Waals surface area contributed by atoms with Gasteiger partial charge in [0, 0.05) is 0 Å². The maximum atomic E-state index is 11.9. The third-order valence-corrected chi connectivity index (χ3v) is 3.59. The molecule has 4 nitrogen and oxygen atoms in total. The number of hydrogen-bond acceptors (Lipinski definition) is 4. The number of ether oxygens (including phenoxy) is 2. The minimum atomic E-state index is -0.744. The highest BCUT2D eigenvalue weighted by Crippen LogP contribution is 2.36. The van der Waals surface area contributed by atoms with Gasteiger partial charge in [-0.3, -0.25) is 9.59 Å². The Morgan fingerprint density at radius 2 is 2.18 bits per heavy atom. The summed E-state index contributed by atoms with van der Waals surface area (Å²) in [5.74, 6) is -0.631. The third-order valence-electron chi connectivity index (χ3n) is 3.59. The molecule has 0 saturated carbocycles. The van der Waals surface area contributed by atoms with Crippen LogP contribution in [0.25, 0.3) is 0 Å². The van der Waals surface area contributed by atoms with Gasteiger partial charge in [-0.15, -0.1) is 0 Å². The maximum Gasteiger partial charge on any atom is 0.310 e. The Kier molecular flexibility index (Phi) is 4.54. The van der Waals surface area contributed by atoms with Gasteiger partial charge in [0.2, 0.25) is 0 Å². The van der Waals surface area contributed by atoms with Crippen LogP contribution in [0.2, 0.25) is 0 Å². The molecule has 0 amide bonds. The molecule has 0 aliphatic carbocycles. The Morgan fingerprint density at radius 3 is 2.65 bits per heavy atom. The van der Waals surface area contributed by atoms with Crippen LogP contribution < -0.4 is 0 Å². The average molecular weight is 242 g/mol. The van der Waals surface area contributed by atoms with Crippen LogP contribution in [0.5, 0.6) is 0 Å².